The van der Waals surface area contributed by atoms with Crippen LogP contribution in [-0.2, 0) is 21.7 Å². The van der Waals surface area contributed by atoms with Gasteiger partial charge in [0.05, 0.1) is 11.2 Å². The van der Waals surface area contributed by atoms with E-state index in [0.29, 0.717) is 0 Å². The molecule has 0 amide bonds. The summed E-state index contributed by atoms with van der Waals surface area (Å²) in [6.07, 6.45) is 4.84. The van der Waals surface area contributed by atoms with Crippen LogP contribution < -0.4 is 31.1 Å². The molecule has 3 aliphatic heterocycles. The van der Waals surface area contributed by atoms with E-state index in [1.165, 1.54) is 142 Å². The maximum atomic E-state index is 2.78. The fourth-order valence-electron chi connectivity index (χ4n) is 14.0. The van der Waals surface area contributed by atoms with E-state index in [4.69, 9.17) is 0 Å². The molecule has 1 fully saturated rings. The van der Waals surface area contributed by atoms with Gasteiger partial charge >= 0.3 is 0 Å². The van der Waals surface area contributed by atoms with Gasteiger partial charge < -0.3 is 14.7 Å². The number of nitrogens with zero attached hydrogens (tertiary/aromatic N) is 3. The molecule has 3 heterocycles. The van der Waals surface area contributed by atoms with Crippen LogP contribution in [0.25, 0.3) is 22.3 Å². The van der Waals surface area contributed by atoms with Gasteiger partial charge in [-0.2, -0.15) is 0 Å². The molecule has 1 saturated carbocycles. The van der Waals surface area contributed by atoms with Gasteiger partial charge in [0, 0.05) is 50.8 Å². The third-order valence-corrected chi connectivity index (χ3v) is 18.4. The van der Waals surface area contributed by atoms with Crippen molar-refractivity contribution in [2.24, 2.45) is 0 Å². The molecule has 0 N–H and O–H groups in total. The van der Waals surface area contributed by atoms with E-state index in [0.717, 1.165) is 6.42 Å². The van der Waals surface area contributed by atoms with Gasteiger partial charge in [0.15, 0.2) is 0 Å². The number of anilines is 8. The van der Waals surface area contributed by atoms with Gasteiger partial charge in [-0.25, -0.2) is 0 Å². The number of aryl methyl sites for hydroxylation is 3. The van der Waals surface area contributed by atoms with Gasteiger partial charge in [-0.05, 0) is 189 Å². The Bertz CT molecular complexity index is 3560. The van der Waals surface area contributed by atoms with Crippen molar-refractivity contribution in [1.29, 1.82) is 0 Å². The molecule has 2 unspecified atom stereocenters. The van der Waals surface area contributed by atoms with Gasteiger partial charge in [0.2, 0.25) is 0 Å². The largest absolute Gasteiger partial charge is 0.334 e. The van der Waals surface area contributed by atoms with Crippen LogP contribution in [0.15, 0.2) is 158 Å². The lowest BCUT2D eigenvalue weighted by Gasteiger charge is -2.50. The summed E-state index contributed by atoms with van der Waals surface area (Å²) in [6.45, 7) is 33.0. The Balaban J connectivity index is 1.15. The molecule has 0 aromatic heterocycles. The van der Waals surface area contributed by atoms with Crippen molar-refractivity contribution < 1.29 is 0 Å². The summed E-state index contributed by atoms with van der Waals surface area (Å²) in [5.74, 6) is 0. The molecule has 0 bridgehead atoms. The molecule has 8 aromatic rings. The quantitative estimate of drug-likeness (QED) is 0.159. The van der Waals surface area contributed by atoms with Gasteiger partial charge in [-0.15, -0.1) is 0 Å². The minimum atomic E-state index is -0.0884. The second kappa shape index (κ2) is 17.1. The minimum absolute atomic E-state index is 0.0153. The number of hydrogen-bond acceptors (Lipinski definition) is 3. The maximum Gasteiger partial charge on any atom is 0.252 e. The van der Waals surface area contributed by atoms with Crippen LogP contribution in [0.4, 0.5) is 45.5 Å². The standard InChI is InChI=1S/C71H76BN3/c1-45-39-63-66-64(40-45)74(59-35-28-51(68(7,8)9)42-55(59)48-23-16-15-17-24-48)61-41-49(65-46(2)21-20-22-47(65)3)25-33-57(61)72(66)58-34-32-54(44-62(58)73(63)53-30-26-50(27-31-53)67(4,5)6)75-60-36-29-52(69(10,11)12)43-56(60)70(13)37-18-19-38-71(70,75)14/h15-17,20-36,39-44H,18-19,37-38H2,1-14H3. The minimum Gasteiger partial charge on any atom is -0.334 e. The van der Waals surface area contributed by atoms with Crippen LogP contribution in [0.5, 0.6) is 0 Å². The fraction of sp³-hybridized carbons (Fsp3) is 0.324. The molecular formula is C71H76BN3. The van der Waals surface area contributed by atoms with Crippen LogP contribution in [0.3, 0.4) is 0 Å². The first-order valence-corrected chi connectivity index (χ1v) is 27.9. The van der Waals surface area contributed by atoms with Crippen molar-refractivity contribution in [1.82, 2.24) is 0 Å². The normalized spacial score (nSPS) is 18.9. The highest BCUT2D eigenvalue weighted by Gasteiger charge is 2.58. The highest BCUT2D eigenvalue weighted by molar-refractivity contribution is 7.00. The van der Waals surface area contributed by atoms with Gasteiger partial charge in [0.25, 0.3) is 6.71 Å². The Morgan fingerprint density at radius 3 is 1.65 bits per heavy atom. The lowest BCUT2D eigenvalue weighted by Crippen LogP contribution is -2.61. The number of hydrogen-bond donors (Lipinski definition) is 0. The van der Waals surface area contributed by atoms with Crippen molar-refractivity contribution in [2.75, 3.05) is 14.7 Å². The van der Waals surface area contributed by atoms with Crippen molar-refractivity contribution in [3.63, 3.8) is 0 Å². The van der Waals surface area contributed by atoms with Crippen LogP contribution in [0, 0.1) is 20.8 Å². The molecule has 75 heavy (non-hydrogen) atoms. The van der Waals surface area contributed by atoms with E-state index < -0.39 is 0 Å². The Labute approximate surface area is 449 Å². The molecule has 4 heteroatoms. The predicted molar refractivity (Wildman–Crippen MR) is 324 cm³/mol. The Morgan fingerprint density at radius 2 is 1.00 bits per heavy atom. The van der Waals surface area contributed by atoms with Crippen LogP contribution in [0.1, 0.15) is 141 Å². The SMILES string of the molecule is Cc1cc2c3c(c1)N(c1ccc(C(C)(C)C)cc1-c1ccccc1)c1cc(-c4c(C)cccc4C)ccc1B3c1ccc(N3c4ccc(C(C)(C)C)cc4C4(C)CCCCC34C)cc1N2c1ccc(C(C)(C)C)cc1. The Morgan fingerprint density at radius 1 is 0.440 bits per heavy atom. The fourth-order valence-corrected chi connectivity index (χ4v) is 14.0. The monoisotopic (exact) mass is 982 g/mol. The van der Waals surface area contributed by atoms with E-state index in [2.05, 4.69) is 269 Å². The summed E-state index contributed by atoms with van der Waals surface area (Å²) in [5, 5.41) is 0. The second-order valence-electron chi connectivity index (χ2n) is 26.4. The Kier molecular flexibility index (Phi) is 11.2. The first-order chi connectivity index (χ1) is 35.6. The molecule has 1 aliphatic carbocycles. The van der Waals surface area contributed by atoms with Gasteiger partial charge in [-0.3, -0.25) is 0 Å². The third kappa shape index (κ3) is 7.66. The topological polar surface area (TPSA) is 9.72 Å². The zero-order valence-corrected chi connectivity index (χ0v) is 47.3. The second-order valence-corrected chi connectivity index (χ2v) is 26.4. The lowest BCUT2D eigenvalue weighted by atomic mass is 9.33. The molecule has 3 nitrogen and oxygen atoms in total. The van der Waals surface area contributed by atoms with E-state index >= 15 is 0 Å². The molecule has 0 radical (unpaired) electrons. The average molecular weight is 982 g/mol. The van der Waals surface area contributed by atoms with Crippen LogP contribution in [0.2, 0.25) is 0 Å². The van der Waals surface area contributed by atoms with Crippen molar-refractivity contribution in [2.45, 2.75) is 150 Å². The van der Waals surface area contributed by atoms with E-state index in [1.807, 2.05) is 0 Å². The van der Waals surface area contributed by atoms with Gasteiger partial charge in [0.1, 0.15) is 0 Å². The molecule has 4 aliphatic rings. The zero-order valence-electron chi connectivity index (χ0n) is 47.3. The summed E-state index contributed by atoms with van der Waals surface area (Å²) >= 11 is 0. The highest BCUT2D eigenvalue weighted by Crippen LogP contribution is 2.62. The lowest BCUT2D eigenvalue weighted by molar-refractivity contribution is 0.195. The first kappa shape index (κ1) is 49.1. The van der Waals surface area contributed by atoms with E-state index in [-0.39, 0.29) is 33.9 Å². The smallest absolute Gasteiger partial charge is 0.252 e. The zero-order chi connectivity index (χ0) is 52.7. The number of benzene rings is 8. The highest BCUT2D eigenvalue weighted by atomic mass is 15.3. The van der Waals surface area contributed by atoms with E-state index in [1.54, 1.807) is 0 Å². The molecule has 378 valence electrons. The van der Waals surface area contributed by atoms with Gasteiger partial charge in [-0.1, -0.05) is 179 Å². The summed E-state index contributed by atoms with van der Waals surface area (Å²) in [5.41, 5.74) is 28.4. The predicted octanol–water partition coefficient (Wildman–Crippen LogP) is 17.7. The summed E-state index contributed by atoms with van der Waals surface area (Å²) in [7, 11) is 0. The molecule has 12 rings (SSSR count). The molecule has 0 saturated heterocycles. The number of fused-ring (bicyclic) bond motifs is 7. The number of rotatable bonds is 5. The van der Waals surface area contributed by atoms with Crippen molar-refractivity contribution in [3.05, 3.63) is 197 Å². The first-order valence-electron chi connectivity index (χ1n) is 27.9. The van der Waals surface area contributed by atoms with Crippen LogP contribution in [-0.4, -0.2) is 12.3 Å². The van der Waals surface area contributed by atoms with Crippen molar-refractivity contribution >= 4 is 68.6 Å². The summed E-state index contributed by atoms with van der Waals surface area (Å²) in [4.78, 5) is 8.05. The molecule has 2 atom stereocenters. The van der Waals surface area contributed by atoms with Crippen LogP contribution >= 0.6 is 0 Å². The van der Waals surface area contributed by atoms with E-state index in [9.17, 15) is 0 Å². The van der Waals surface area contributed by atoms with Crippen molar-refractivity contribution in [3.8, 4) is 22.3 Å². The molecule has 8 aromatic carbocycles. The third-order valence-electron chi connectivity index (χ3n) is 18.4. The summed E-state index contributed by atoms with van der Waals surface area (Å²) in [6, 6.07) is 62.0. The molecular weight excluding hydrogens is 906 g/mol. The average Bonchev–Trinajstić information content (AvgIpc) is 3.59. The molecule has 0 spiro atoms. The Hall–Kier alpha value is -6.78. The summed E-state index contributed by atoms with van der Waals surface area (Å²) < 4.78 is 0. The maximum absolute atomic E-state index is 2.78.